The molecule has 1 amide bonds. The molecule has 0 unspecified atom stereocenters. The molecule has 0 aromatic carbocycles. The summed E-state index contributed by atoms with van der Waals surface area (Å²) in [5.41, 5.74) is 0.0145. The summed E-state index contributed by atoms with van der Waals surface area (Å²) < 4.78 is 0. The molecule has 0 radical (unpaired) electrons. The number of nitrogens with one attached hydrogen (secondary N) is 2. The highest BCUT2D eigenvalue weighted by Gasteiger charge is 2.51. The third-order valence-electron chi connectivity index (χ3n) is 5.32. The molecule has 1 heterocycles. The van der Waals surface area contributed by atoms with Crippen molar-refractivity contribution in [2.24, 2.45) is 17.8 Å². The number of nitrogens with zero attached hydrogens (tertiary/aromatic N) is 1. The first kappa shape index (κ1) is 12.1. The van der Waals surface area contributed by atoms with E-state index in [4.69, 9.17) is 0 Å². The van der Waals surface area contributed by atoms with Gasteiger partial charge in [0.15, 0.2) is 0 Å². The van der Waals surface area contributed by atoms with E-state index < -0.39 is 0 Å². The Kier molecular flexibility index (Phi) is 2.53. The van der Waals surface area contributed by atoms with Crippen molar-refractivity contribution in [3.8, 4) is 0 Å². The van der Waals surface area contributed by atoms with Crippen molar-refractivity contribution < 1.29 is 4.79 Å². The van der Waals surface area contributed by atoms with Crippen LogP contribution in [0.25, 0.3) is 0 Å². The molecule has 106 valence electrons. The van der Waals surface area contributed by atoms with E-state index >= 15 is 0 Å². The number of hydrogen-bond donors (Lipinski definition) is 2. The average molecular weight is 273 g/mol. The number of hydrogen-bond acceptors (Lipinski definition) is 3. The number of carbonyl (C=O) groups excluding carboxylic acids is 1. The van der Waals surface area contributed by atoms with Crippen molar-refractivity contribution in [2.75, 3.05) is 0 Å². The molecule has 20 heavy (non-hydrogen) atoms. The van der Waals surface area contributed by atoms with Crippen LogP contribution in [0.1, 0.15) is 49.0 Å². The quantitative estimate of drug-likeness (QED) is 0.856. The lowest BCUT2D eigenvalue weighted by molar-refractivity contribution is -0.0167. The van der Waals surface area contributed by atoms with Gasteiger partial charge in [0.2, 0.25) is 0 Å². The summed E-state index contributed by atoms with van der Waals surface area (Å²) in [6.07, 6.45) is 9.98. The second-order valence-corrected chi connectivity index (χ2v) is 6.95. The molecule has 4 bridgehead atoms. The van der Waals surface area contributed by atoms with Crippen LogP contribution in [0.4, 0.5) is 0 Å². The topological polar surface area (TPSA) is 74.8 Å². The molecule has 4 aliphatic rings. The second-order valence-electron chi connectivity index (χ2n) is 6.95. The first-order chi connectivity index (χ1) is 9.62. The van der Waals surface area contributed by atoms with Gasteiger partial charge in [0.05, 0.1) is 6.20 Å². The van der Waals surface area contributed by atoms with Gasteiger partial charge in [0.1, 0.15) is 5.69 Å². The van der Waals surface area contributed by atoms with Gasteiger partial charge >= 0.3 is 0 Å². The molecular formula is C15H19N3O2. The van der Waals surface area contributed by atoms with Crippen molar-refractivity contribution in [1.29, 1.82) is 0 Å². The van der Waals surface area contributed by atoms with Crippen LogP contribution in [0.15, 0.2) is 17.2 Å². The van der Waals surface area contributed by atoms with Gasteiger partial charge in [0, 0.05) is 11.7 Å². The van der Waals surface area contributed by atoms with Gasteiger partial charge in [-0.2, -0.15) is 0 Å². The zero-order valence-corrected chi connectivity index (χ0v) is 11.4. The Morgan fingerprint density at radius 2 is 1.80 bits per heavy atom. The smallest absolute Gasteiger partial charge is 0.271 e. The van der Waals surface area contributed by atoms with Crippen LogP contribution < -0.4 is 10.9 Å². The highest BCUT2D eigenvalue weighted by atomic mass is 16.2. The molecule has 4 aliphatic carbocycles. The van der Waals surface area contributed by atoms with Gasteiger partial charge in [0.25, 0.3) is 11.5 Å². The fourth-order valence-electron chi connectivity index (χ4n) is 5.03. The van der Waals surface area contributed by atoms with Crippen LogP contribution in [0.2, 0.25) is 0 Å². The van der Waals surface area contributed by atoms with Crippen LogP contribution in [0.5, 0.6) is 0 Å². The summed E-state index contributed by atoms with van der Waals surface area (Å²) in [5, 5.41) is 3.24. The summed E-state index contributed by atoms with van der Waals surface area (Å²) in [6, 6.07) is 0. The molecule has 0 aliphatic heterocycles. The first-order valence-corrected chi connectivity index (χ1v) is 7.49. The Morgan fingerprint density at radius 1 is 1.20 bits per heavy atom. The van der Waals surface area contributed by atoms with Crippen molar-refractivity contribution in [2.45, 2.75) is 44.1 Å². The molecule has 4 saturated carbocycles. The molecule has 2 N–H and O–H groups in total. The van der Waals surface area contributed by atoms with Crippen molar-refractivity contribution in [3.63, 3.8) is 0 Å². The van der Waals surface area contributed by atoms with E-state index in [9.17, 15) is 9.59 Å². The summed E-state index contributed by atoms with van der Waals surface area (Å²) in [4.78, 5) is 29.8. The molecular weight excluding hydrogens is 254 g/mol. The zero-order chi connectivity index (χ0) is 13.7. The van der Waals surface area contributed by atoms with Gasteiger partial charge in [-0.1, -0.05) is 0 Å². The monoisotopic (exact) mass is 273 g/mol. The molecule has 4 fully saturated rings. The Bertz CT molecular complexity index is 552. The minimum Gasteiger partial charge on any atom is -0.345 e. The fourth-order valence-corrected chi connectivity index (χ4v) is 5.03. The largest absolute Gasteiger partial charge is 0.345 e. The number of carbonyl (C=O) groups is 1. The second kappa shape index (κ2) is 4.17. The number of H-pyrrole nitrogens is 1. The normalized spacial score (nSPS) is 37.9. The van der Waals surface area contributed by atoms with Crippen LogP contribution in [0, 0.1) is 17.8 Å². The standard InChI is InChI=1S/C15H19N3O2/c19-13-8-16-12(7-17-13)14(20)18-15-4-9-1-10(5-15)3-11(2-9)6-15/h7-11H,1-6H2,(H,17,19)(H,18,20). The third kappa shape index (κ3) is 1.96. The van der Waals surface area contributed by atoms with Crippen LogP contribution in [-0.2, 0) is 0 Å². The maximum atomic E-state index is 12.3. The molecule has 0 spiro atoms. The molecule has 0 saturated heterocycles. The van der Waals surface area contributed by atoms with Crippen molar-refractivity contribution in [1.82, 2.24) is 15.3 Å². The average Bonchev–Trinajstić information content (AvgIpc) is 2.37. The number of aromatic amines is 1. The zero-order valence-electron chi connectivity index (χ0n) is 11.4. The lowest BCUT2D eigenvalue weighted by Gasteiger charge is -2.56. The summed E-state index contributed by atoms with van der Waals surface area (Å²) in [7, 11) is 0. The summed E-state index contributed by atoms with van der Waals surface area (Å²) in [5.74, 6) is 2.24. The van der Waals surface area contributed by atoms with Crippen LogP contribution in [-0.4, -0.2) is 21.4 Å². The molecule has 5 heteroatoms. The van der Waals surface area contributed by atoms with E-state index in [0.29, 0.717) is 5.69 Å². The maximum absolute atomic E-state index is 12.3. The van der Waals surface area contributed by atoms with E-state index in [-0.39, 0.29) is 17.0 Å². The summed E-state index contributed by atoms with van der Waals surface area (Å²) in [6.45, 7) is 0. The Balaban J connectivity index is 1.55. The highest BCUT2D eigenvalue weighted by Crippen LogP contribution is 2.55. The van der Waals surface area contributed by atoms with E-state index in [1.165, 1.54) is 25.5 Å². The number of rotatable bonds is 2. The van der Waals surface area contributed by atoms with Crippen molar-refractivity contribution >= 4 is 5.91 Å². The van der Waals surface area contributed by atoms with Crippen LogP contribution >= 0.6 is 0 Å². The predicted octanol–water partition coefficient (Wildman–Crippen LogP) is 1.47. The van der Waals surface area contributed by atoms with Gasteiger partial charge in [-0.25, -0.2) is 4.98 Å². The van der Waals surface area contributed by atoms with Gasteiger partial charge < -0.3 is 10.3 Å². The minimum absolute atomic E-state index is 0.0103. The van der Waals surface area contributed by atoms with E-state index in [2.05, 4.69) is 15.3 Å². The Morgan fingerprint density at radius 3 is 2.30 bits per heavy atom. The number of aromatic nitrogens is 2. The molecule has 1 aromatic rings. The third-order valence-corrected chi connectivity index (χ3v) is 5.32. The molecule has 5 rings (SSSR count). The predicted molar refractivity (Wildman–Crippen MR) is 73.2 cm³/mol. The number of amides is 1. The molecule has 0 atom stereocenters. The first-order valence-electron chi connectivity index (χ1n) is 7.49. The highest BCUT2D eigenvalue weighted by molar-refractivity contribution is 5.92. The SMILES string of the molecule is O=C(NC12CC3CC(CC(C3)C1)C2)c1c[nH]c(=O)cn1. The molecule has 1 aromatic heterocycles. The Hall–Kier alpha value is -1.65. The Labute approximate surface area is 117 Å². The maximum Gasteiger partial charge on any atom is 0.271 e. The van der Waals surface area contributed by atoms with Gasteiger partial charge in [-0.3, -0.25) is 9.59 Å². The van der Waals surface area contributed by atoms with Gasteiger partial charge in [-0.05, 0) is 56.3 Å². The van der Waals surface area contributed by atoms with E-state index in [1.807, 2.05) is 0 Å². The molecule has 5 nitrogen and oxygen atoms in total. The lowest BCUT2D eigenvalue weighted by atomic mass is 9.53. The minimum atomic E-state index is -0.281. The van der Waals surface area contributed by atoms with E-state index in [0.717, 1.165) is 43.2 Å². The summed E-state index contributed by atoms with van der Waals surface area (Å²) >= 11 is 0. The van der Waals surface area contributed by atoms with Crippen LogP contribution in [0.3, 0.4) is 0 Å². The van der Waals surface area contributed by atoms with E-state index in [1.54, 1.807) is 0 Å². The lowest BCUT2D eigenvalue weighted by Crippen LogP contribution is -2.59. The van der Waals surface area contributed by atoms with Crippen molar-refractivity contribution in [3.05, 3.63) is 28.4 Å². The fraction of sp³-hybridized carbons (Fsp3) is 0.667. The van der Waals surface area contributed by atoms with Gasteiger partial charge in [-0.15, -0.1) is 0 Å².